The number of ether oxygens (including phenoxy) is 2. The van der Waals surface area contributed by atoms with E-state index in [4.69, 9.17) is 9.47 Å². The summed E-state index contributed by atoms with van der Waals surface area (Å²) in [7, 11) is 2.88. The van der Waals surface area contributed by atoms with Gasteiger partial charge in [0.25, 0.3) is 0 Å². The fourth-order valence-electron chi connectivity index (χ4n) is 4.22. The van der Waals surface area contributed by atoms with Gasteiger partial charge in [-0.15, -0.1) is 0 Å². The molecule has 6 nitrogen and oxygen atoms in total. The highest BCUT2D eigenvalue weighted by atomic mass is 16.5. The molecule has 1 aromatic rings. The maximum absolute atomic E-state index is 12.4. The van der Waals surface area contributed by atoms with Crippen molar-refractivity contribution in [2.75, 3.05) is 19.5 Å². The lowest BCUT2D eigenvalue weighted by Gasteiger charge is -2.22. The molecule has 0 unspecified atom stereocenters. The van der Waals surface area contributed by atoms with Crippen molar-refractivity contribution >= 4 is 17.6 Å². The Morgan fingerprint density at radius 3 is 2.42 bits per heavy atom. The molecule has 2 fully saturated rings. The molecule has 3 atom stereocenters. The second-order valence-corrected chi connectivity index (χ2v) is 6.73. The summed E-state index contributed by atoms with van der Waals surface area (Å²) in [6, 6.07) is 2.77. The maximum Gasteiger partial charge on any atom is 0.224 e. The monoisotopic (exact) mass is 332 g/mol. The number of hydrogen-bond acceptors (Lipinski definition) is 5. The number of nitrogens with one attached hydrogen (secondary N) is 1. The van der Waals surface area contributed by atoms with Gasteiger partial charge in [-0.1, -0.05) is 6.42 Å². The third-order valence-corrected chi connectivity index (χ3v) is 5.35. The minimum absolute atomic E-state index is 0.117. The first kappa shape index (κ1) is 16.6. The van der Waals surface area contributed by atoms with Crippen molar-refractivity contribution in [3.63, 3.8) is 0 Å². The van der Waals surface area contributed by atoms with E-state index in [1.54, 1.807) is 0 Å². The highest BCUT2D eigenvalue weighted by molar-refractivity contribution is 6.00. The molecule has 6 heteroatoms. The van der Waals surface area contributed by atoms with Gasteiger partial charge in [0.2, 0.25) is 5.91 Å². The van der Waals surface area contributed by atoms with E-state index in [1.807, 2.05) is 0 Å². The van der Waals surface area contributed by atoms with Gasteiger partial charge in [0.15, 0.2) is 11.5 Å². The number of carbonyl (C=O) groups is 2. The largest absolute Gasteiger partial charge is 0.545 e. The zero-order valence-corrected chi connectivity index (χ0v) is 14.0. The van der Waals surface area contributed by atoms with E-state index in [0.29, 0.717) is 24.0 Å². The number of anilines is 1. The number of amides is 1. The Balaban J connectivity index is 1.75. The minimum atomic E-state index is -1.37. The van der Waals surface area contributed by atoms with Gasteiger partial charge in [0, 0.05) is 18.1 Å². The van der Waals surface area contributed by atoms with Crippen molar-refractivity contribution in [1.29, 1.82) is 0 Å². The molecule has 3 rings (SSSR count). The van der Waals surface area contributed by atoms with Gasteiger partial charge in [0.1, 0.15) is 0 Å². The van der Waals surface area contributed by atoms with Crippen molar-refractivity contribution < 1.29 is 24.2 Å². The van der Waals surface area contributed by atoms with Crippen LogP contribution in [-0.2, 0) is 4.79 Å². The van der Waals surface area contributed by atoms with Crippen LogP contribution in [0.5, 0.6) is 11.5 Å². The summed E-state index contributed by atoms with van der Waals surface area (Å²) in [5.74, 6) is 0.934. The number of carboxylic acids is 1. The SMILES string of the molecule is COc1cc(NC(=O)C[C@@H]2C[C@H]3CC[C@@H]2C3)c(C(=O)[O-])cc1OC. The number of fused-ring (bicyclic) bond motifs is 2. The van der Waals surface area contributed by atoms with Crippen LogP contribution >= 0.6 is 0 Å². The van der Waals surface area contributed by atoms with E-state index in [0.717, 1.165) is 12.3 Å². The zero-order chi connectivity index (χ0) is 17.3. The summed E-state index contributed by atoms with van der Waals surface area (Å²) in [5.41, 5.74) is 0.0646. The van der Waals surface area contributed by atoms with Crippen LogP contribution in [0.25, 0.3) is 0 Å². The summed E-state index contributed by atoms with van der Waals surface area (Å²) in [6.45, 7) is 0. The van der Waals surface area contributed by atoms with Gasteiger partial charge in [-0.2, -0.15) is 0 Å². The van der Waals surface area contributed by atoms with Crippen molar-refractivity contribution in [2.45, 2.75) is 32.1 Å². The third-order valence-electron chi connectivity index (χ3n) is 5.35. The van der Waals surface area contributed by atoms with Crippen molar-refractivity contribution in [3.05, 3.63) is 17.7 Å². The Bertz CT molecular complexity index is 657. The molecular formula is C18H22NO5-. The van der Waals surface area contributed by atoms with Crippen LogP contribution in [0.15, 0.2) is 12.1 Å². The van der Waals surface area contributed by atoms with Gasteiger partial charge < -0.3 is 24.7 Å². The van der Waals surface area contributed by atoms with Crippen LogP contribution in [0.3, 0.4) is 0 Å². The zero-order valence-electron chi connectivity index (χ0n) is 14.0. The Labute approximate surface area is 141 Å². The summed E-state index contributed by atoms with van der Waals surface area (Å²) in [6.07, 6.45) is 5.27. The molecule has 2 saturated carbocycles. The molecule has 2 aliphatic rings. The Morgan fingerprint density at radius 2 is 1.88 bits per heavy atom. The molecule has 1 aromatic carbocycles. The summed E-state index contributed by atoms with van der Waals surface area (Å²) in [4.78, 5) is 23.7. The van der Waals surface area contributed by atoms with E-state index in [-0.39, 0.29) is 22.9 Å². The molecule has 24 heavy (non-hydrogen) atoms. The van der Waals surface area contributed by atoms with Crippen molar-refractivity contribution in [2.24, 2.45) is 17.8 Å². The summed E-state index contributed by atoms with van der Waals surface area (Å²) >= 11 is 0. The molecule has 1 N–H and O–H groups in total. The average Bonchev–Trinajstić information content (AvgIpc) is 3.16. The molecule has 0 saturated heterocycles. The quantitative estimate of drug-likeness (QED) is 0.859. The van der Waals surface area contributed by atoms with Crippen LogP contribution in [0, 0.1) is 17.8 Å². The van der Waals surface area contributed by atoms with Crippen LogP contribution in [-0.4, -0.2) is 26.1 Å². The number of rotatable bonds is 6. The standard InChI is InChI=1S/C18H23NO5/c1-23-15-8-13(18(21)22)14(9-16(15)24-2)19-17(20)7-12-6-10-3-4-11(12)5-10/h8-12H,3-7H2,1-2H3,(H,19,20)(H,21,22)/p-1/t10-,11+,12-/m0/s1. The number of hydrogen-bond donors (Lipinski definition) is 1. The topological polar surface area (TPSA) is 87.7 Å². The number of methoxy groups -OCH3 is 2. The Hall–Kier alpha value is -2.24. The summed E-state index contributed by atoms with van der Waals surface area (Å²) < 4.78 is 10.3. The maximum atomic E-state index is 12.4. The summed E-state index contributed by atoms with van der Waals surface area (Å²) in [5, 5.41) is 14.1. The van der Waals surface area contributed by atoms with E-state index >= 15 is 0 Å². The van der Waals surface area contributed by atoms with Crippen LogP contribution in [0.4, 0.5) is 5.69 Å². The predicted octanol–water partition coefficient (Wildman–Crippen LogP) is 1.83. The normalized spacial score (nSPS) is 24.7. The van der Waals surface area contributed by atoms with E-state index < -0.39 is 5.97 Å². The van der Waals surface area contributed by atoms with Crippen LogP contribution in [0.2, 0.25) is 0 Å². The minimum Gasteiger partial charge on any atom is -0.545 e. The smallest absolute Gasteiger partial charge is 0.224 e. The molecule has 1 amide bonds. The van der Waals surface area contributed by atoms with E-state index in [1.165, 1.54) is 45.6 Å². The lowest BCUT2D eigenvalue weighted by Crippen LogP contribution is -2.26. The number of carbonyl (C=O) groups excluding carboxylic acids is 2. The lowest BCUT2D eigenvalue weighted by atomic mass is 9.86. The van der Waals surface area contributed by atoms with Crippen molar-refractivity contribution in [3.8, 4) is 11.5 Å². The first-order valence-electron chi connectivity index (χ1n) is 8.29. The fourth-order valence-corrected chi connectivity index (χ4v) is 4.22. The number of benzene rings is 1. The number of aromatic carboxylic acids is 1. The van der Waals surface area contributed by atoms with Gasteiger partial charge >= 0.3 is 0 Å². The molecule has 130 valence electrons. The van der Waals surface area contributed by atoms with Gasteiger partial charge in [-0.25, -0.2) is 0 Å². The first-order valence-corrected chi connectivity index (χ1v) is 8.29. The second-order valence-electron chi connectivity index (χ2n) is 6.73. The number of carboxylic acid groups (broad SMARTS) is 1. The second kappa shape index (κ2) is 6.71. The van der Waals surface area contributed by atoms with Gasteiger partial charge in [-0.05, 0) is 43.1 Å². The van der Waals surface area contributed by atoms with Gasteiger partial charge in [-0.3, -0.25) is 4.79 Å². The van der Waals surface area contributed by atoms with Crippen LogP contribution in [0.1, 0.15) is 42.5 Å². The molecule has 0 radical (unpaired) electrons. The molecule has 0 heterocycles. The first-order chi connectivity index (χ1) is 11.5. The molecular weight excluding hydrogens is 310 g/mol. The van der Waals surface area contributed by atoms with E-state index in [9.17, 15) is 14.7 Å². The van der Waals surface area contributed by atoms with Gasteiger partial charge in [0.05, 0.1) is 25.9 Å². The Morgan fingerprint density at radius 1 is 1.17 bits per heavy atom. The third kappa shape index (κ3) is 3.18. The van der Waals surface area contributed by atoms with E-state index in [2.05, 4.69) is 5.32 Å². The average molecular weight is 332 g/mol. The molecule has 2 aliphatic carbocycles. The van der Waals surface area contributed by atoms with Crippen LogP contribution < -0.4 is 19.9 Å². The molecule has 0 aliphatic heterocycles. The Kier molecular flexibility index (Phi) is 4.64. The lowest BCUT2D eigenvalue weighted by molar-refractivity contribution is -0.254. The molecule has 0 spiro atoms. The molecule has 2 bridgehead atoms. The predicted molar refractivity (Wildman–Crippen MR) is 86.1 cm³/mol. The highest BCUT2D eigenvalue weighted by Gasteiger charge is 2.40. The van der Waals surface area contributed by atoms with Crippen molar-refractivity contribution in [1.82, 2.24) is 0 Å². The highest BCUT2D eigenvalue weighted by Crippen LogP contribution is 2.49. The fraction of sp³-hybridized carbons (Fsp3) is 0.556. The molecule has 0 aromatic heterocycles.